The Balaban J connectivity index is 3.14. The number of aromatic nitrogens is 1. The zero-order chi connectivity index (χ0) is 8.48. The van der Waals surface area contributed by atoms with Crippen molar-refractivity contribution in [3.05, 3.63) is 36.5 Å². The minimum atomic E-state index is -4.39. The van der Waals surface area contributed by atoms with Crippen LogP contribution >= 0.6 is 0 Å². The monoisotopic (exact) mass is 160 g/mol. The molecule has 0 aliphatic heterocycles. The number of pyridine rings is 1. The van der Waals surface area contributed by atoms with Crippen LogP contribution in [0.1, 0.15) is 11.3 Å². The molecule has 0 saturated heterocycles. The lowest BCUT2D eigenvalue weighted by Crippen LogP contribution is -2.09. The van der Waals surface area contributed by atoms with E-state index in [1.54, 1.807) is 0 Å². The van der Waals surface area contributed by atoms with Gasteiger partial charge in [-0.05, 0) is 18.6 Å². The molecule has 4 heteroatoms. The fourth-order valence-electron chi connectivity index (χ4n) is 0.694. The van der Waals surface area contributed by atoms with Crippen LogP contribution in [0.25, 0.3) is 0 Å². The van der Waals surface area contributed by atoms with Crippen LogP contribution in [0.3, 0.4) is 0 Å². The Morgan fingerprint density at radius 3 is 2.36 bits per heavy atom. The highest BCUT2D eigenvalue weighted by Crippen LogP contribution is 2.29. The Bertz CT molecular complexity index is 254. The van der Waals surface area contributed by atoms with Gasteiger partial charge in [-0.25, -0.2) is 0 Å². The van der Waals surface area contributed by atoms with Crippen molar-refractivity contribution in [2.45, 2.75) is 6.18 Å². The van der Waals surface area contributed by atoms with E-state index in [2.05, 4.69) is 11.9 Å². The molecule has 11 heavy (non-hydrogen) atoms. The minimum absolute atomic E-state index is 0.0972. The highest BCUT2D eigenvalue weighted by atomic mass is 19.4. The number of alkyl halides is 3. The van der Waals surface area contributed by atoms with Crippen LogP contribution in [-0.4, -0.2) is 4.98 Å². The third-order valence-electron chi connectivity index (χ3n) is 1.16. The molecule has 0 aliphatic carbocycles. The van der Waals surface area contributed by atoms with E-state index in [4.69, 9.17) is 0 Å². The first-order chi connectivity index (χ1) is 5.02. The molecular weight excluding hydrogens is 155 g/mol. The van der Waals surface area contributed by atoms with Crippen molar-refractivity contribution >= 4 is 0 Å². The van der Waals surface area contributed by atoms with E-state index in [1.165, 1.54) is 12.1 Å². The van der Waals surface area contributed by atoms with Gasteiger partial charge in [0.2, 0.25) is 0 Å². The third kappa shape index (κ3) is 1.69. The summed E-state index contributed by atoms with van der Waals surface area (Å²) < 4.78 is 35.8. The molecule has 1 nitrogen and oxygen atoms in total. The number of rotatable bonds is 0. The topological polar surface area (TPSA) is 12.9 Å². The van der Waals surface area contributed by atoms with E-state index in [0.29, 0.717) is 0 Å². The highest BCUT2D eigenvalue weighted by molar-refractivity contribution is 5.24. The van der Waals surface area contributed by atoms with Crippen molar-refractivity contribution in [1.29, 1.82) is 0 Å². The fourth-order valence-corrected chi connectivity index (χ4v) is 0.694. The van der Waals surface area contributed by atoms with Crippen LogP contribution in [0.5, 0.6) is 0 Å². The van der Waals surface area contributed by atoms with Crippen LogP contribution in [0, 0.1) is 6.92 Å². The van der Waals surface area contributed by atoms with Crippen molar-refractivity contribution in [2.75, 3.05) is 0 Å². The summed E-state index contributed by atoms with van der Waals surface area (Å²) in [5.74, 6) is 0. The molecule has 0 bridgehead atoms. The molecule has 0 fully saturated rings. The lowest BCUT2D eigenvalue weighted by atomic mass is 10.2. The zero-order valence-electron chi connectivity index (χ0n) is 5.52. The molecule has 1 aromatic heterocycles. The smallest absolute Gasteiger partial charge is 0.252 e. The first-order valence-electron chi connectivity index (χ1n) is 2.86. The third-order valence-corrected chi connectivity index (χ3v) is 1.16. The first-order valence-corrected chi connectivity index (χ1v) is 2.86. The van der Waals surface area contributed by atoms with Gasteiger partial charge in [0, 0.05) is 6.20 Å². The van der Waals surface area contributed by atoms with E-state index in [-0.39, 0.29) is 5.56 Å². The van der Waals surface area contributed by atoms with Crippen LogP contribution < -0.4 is 0 Å². The second kappa shape index (κ2) is 2.53. The number of hydrogen-bond donors (Lipinski definition) is 0. The van der Waals surface area contributed by atoms with Gasteiger partial charge < -0.3 is 0 Å². The second-order valence-corrected chi connectivity index (χ2v) is 2.01. The maximum absolute atomic E-state index is 11.9. The number of halogens is 3. The maximum atomic E-state index is 11.9. The fraction of sp³-hybridized carbons (Fsp3) is 0.143. The van der Waals surface area contributed by atoms with Gasteiger partial charge >= 0.3 is 6.18 Å². The minimum Gasteiger partial charge on any atom is -0.252 e. The lowest BCUT2D eigenvalue weighted by Gasteiger charge is -2.06. The summed E-state index contributed by atoms with van der Waals surface area (Å²) in [6.45, 7) is 3.20. The molecule has 0 atom stereocenters. The van der Waals surface area contributed by atoms with Gasteiger partial charge in [-0.3, -0.25) is 4.98 Å². The van der Waals surface area contributed by atoms with E-state index >= 15 is 0 Å². The van der Waals surface area contributed by atoms with E-state index < -0.39 is 11.9 Å². The van der Waals surface area contributed by atoms with Crippen LogP contribution in [0.4, 0.5) is 13.2 Å². The molecule has 0 unspecified atom stereocenters. The average Bonchev–Trinajstić information content (AvgIpc) is 1.86. The Morgan fingerprint density at radius 1 is 1.36 bits per heavy atom. The molecule has 59 valence electrons. The summed E-state index contributed by atoms with van der Waals surface area (Å²) in [6.07, 6.45) is -3.30. The predicted octanol–water partition coefficient (Wildman–Crippen LogP) is 2.28. The number of hydrogen-bond acceptors (Lipinski definition) is 1. The molecule has 0 aliphatic rings. The highest BCUT2D eigenvalue weighted by Gasteiger charge is 2.33. The normalized spacial score (nSPS) is 11.6. The Kier molecular flexibility index (Phi) is 1.85. The van der Waals surface area contributed by atoms with Gasteiger partial charge in [0.1, 0.15) is 5.69 Å². The maximum Gasteiger partial charge on any atom is 0.433 e. The summed E-state index contributed by atoms with van der Waals surface area (Å²) >= 11 is 0. The summed E-state index contributed by atoms with van der Waals surface area (Å²) in [4.78, 5) is 3.16. The molecule has 0 spiro atoms. The zero-order valence-corrected chi connectivity index (χ0v) is 5.52. The molecule has 1 rings (SSSR count). The van der Waals surface area contributed by atoms with Gasteiger partial charge in [0.15, 0.2) is 0 Å². The van der Waals surface area contributed by atoms with Gasteiger partial charge in [-0.2, -0.15) is 13.2 Å². The van der Waals surface area contributed by atoms with Crippen LogP contribution in [0.15, 0.2) is 18.3 Å². The van der Waals surface area contributed by atoms with Crippen molar-refractivity contribution < 1.29 is 13.2 Å². The van der Waals surface area contributed by atoms with Gasteiger partial charge in [-0.1, -0.05) is 6.07 Å². The molecule has 1 heterocycles. The SMILES string of the molecule is [CH2]c1cccnc1C(F)(F)F. The van der Waals surface area contributed by atoms with Gasteiger partial charge in [0.05, 0.1) is 0 Å². The quantitative estimate of drug-likeness (QED) is 0.567. The summed E-state index contributed by atoms with van der Waals surface area (Å²) in [6, 6.07) is 2.69. The summed E-state index contributed by atoms with van der Waals surface area (Å²) in [5.41, 5.74) is -1.01. The van der Waals surface area contributed by atoms with E-state index in [9.17, 15) is 13.2 Å². The standard InChI is InChI=1S/C7H5F3N/c1-5-3-2-4-11-6(5)7(8,9)10/h2-4H,1H2. The van der Waals surface area contributed by atoms with Gasteiger partial charge in [0.25, 0.3) is 0 Å². The average molecular weight is 160 g/mol. The van der Waals surface area contributed by atoms with Crippen molar-refractivity contribution in [1.82, 2.24) is 4.98 Å². The Morgan fingerprint density at radius 2 is 2.00 bits per heavy atom. The molecule has 0 amide bonds. The molecule has 0 aromatic carbocycles. The van der Waals surface area contributed by atoms with Crippen molar-refractivity contribution in [3.8, 4) is 0 Å². The summed E-state index contributed by atoms with van der Waals surface area (Å²) in [5, 5.41) is 0. The molecule has 0 saturated carbocycles. The molecular formula is C7H5F3N. The van der Waals surface area contributed by atoms with Crippen LogP contribution in [0.2, 0.25) is 0 Å². The predicted molar refractivity (Wildman–Crippen MR) is 33.7 cm³/mol. The number of nitrogens with zero attached hydrogens (tertiary/aromatic N) is 1. The molecule has 0 N–H and O–H groups in total. The van der Waals surface area contributed by atoms with E-state index in [1.807, 2.05) is 0 Å². The molecule has 1 radical (unpaired) electrons. The largest absolute Gasteiger partial charge is 0.433 e. The molecule has 1 aromatic rings. The summed E-state index contributed by atoms with van der Waals surface area (Å²) in [7, 11) is 0. The Labute approximate surface area is 61.9 Å². The van der Waals surface area contributed by atoms with Crippen LogP contribution in [-0.2, 0) is 6.18 Å². The lowest BCUT2D eigenvalue weighted by molar-refractivity contribution is -0.141. The van der Waals surface area contributed by atoms with Crippen molar-refractivity contribution in [3.63, 3.8) is 0 Å². The Hall–Kier alpha value is -1.06. The second-order valence-electron chi connectivity index (χ2n) is 2.01. The van der Waals surface area contributed by atoms with Crippen molar-refractivity contribution in [2.24, 2.45) is 0 Å². The van der Waals surface area contributed by atoms with Gasteiger partial charge in [-0.15, -0.1) is 0 Å². The first kappa shape index (κ1) is 8.04. The van der Waals surface area contributed by atoms with E-state index in [0.717, 1.165) is 6.20 Å².